The number of aromatic nitrogens is 1. The Morgan fingerprint density at radius 3 is 2.85 bits per heavy atom. The fourth-order valence-electron chi connectivity index (χ4n) is 2.93. The number of rotatable bonds is 5. The lowest BCUT2D eigenvalue weighted by Gasteiger charge is -2.39. The maximum Gasteiger partial charge on any atom is 0.278 e. The summed E-state index contributed by atoms with van der Waals surface area (Å²) in [5.41, 5.74) is -0.422. The highest BCUT2D eigenvalue weighted by Gasteiger charge is 2.43. The summed E-state index contributed by atoms with van der Waals surface area (Å²) in [6, 6.07) is 0. The second-order valence-corrected chi connectivity index (χ2v) is 8.70. The van der Waals surface area contributed by atoms with Gasteiger partial charge >= 0.3 is 0 Å². The molecule has 0 bridgehead atoms. The van der Waals surface area contributed by atoms with Crippen molar-refractivity contribution in [3.63, 3.8) is 0 Å². The number of nitrogens with one attached hydrogen (secondary N) is 1. The number of carbonyl (C=O) groups is 1. The smallest absolute Gasteiger partial charge is 0.278 e. The van der Waals surface area contributed by atoms with Crippen LogP contribution in [0.3, 0.4) is 0 Å². The second kappa shape index (κ2) is 8.77. The van der Waals surface area contributed by atoms with Gasteiger partial charge in [0.15, 0.2) is 5.72 Å². The average molecular weight is 392 g/mol. The molecule has 1 aliphatic rings. The van der Waals surface area contributed by atoms with Gasteiger partial charge in [-0.15, -0.1) is 11.8 Å². The van der Waals surface area contributed by atoms with Gasteiger partial charge in [0.25, 0.3) is 11.1 Å². The summed E-state index contributed by atoms with van der Waals surface area (Å²) in [5, 5.41) is 3.24. The van der Waals surface area contributed by atoms with Gasteiger partial charge in [-0.1, -0.05) is 18.3 Å². The highest BCUT2D eigenvalue weighted by molar-refractivity contribution is 7.15. The fraction of sp³-hybridized carbons (Fsp3) is 0.600. The molecule has 1 fully saturated rings. The lowest BCUT2D eigenvalue weighted by molar-refractivity contribution is -0.0735. The van der Waals surface area contributed by atoms with Gasteiger partial charge in [0.05, 0.1) is 12.7 Å². The van der Waals surface area contributed by atoms with Crippen LogP contribution < -0.4 is 10.1 Å². The zero-order valence-electron chi connectivity index (χ0n) is 17.0. The molecule has 7 heteroatoms. The summed E-state index contributed by atoms with van der Waals surface area (Å²) in [5.74, 6) is 6.55. The average Bonchev–Trinajstić information content (AvgIpc) is 3.16. The van der Waals surface area contributed by atoms with E-state index in [9.17, 15) is 4.79 Å². The van der Waals surface area contributed by atoms with Crippen molar-refractivity contribution in [2.45, 2.75) is 65.6 Å². The minimum atomic E-state index is -0.401. The molecular weight excluding hydrogens is 362 g/mol. The Labute approximate surface area is 165 Å². The first-order valence-corrected chi connectivity index (χ1v) is 9.97. The van der Waals surface area contributed by atoms with Gasteiger partial charge < -0.3 is 14.8 Å². The molecule has 2 rings (SSSR count). The van der Waals surface area contributed by atoms with Gasteiger partial charge in [0, 0.05) is 24.9 Å². The molecule has 1 N–H and O–H groups in total. The number of nitrogens with zero attached hydrogens (tertiary/aromatic N) is 2. The topological polar surface area (TPSA) is 63.7 Å². The monoisotopic (exact) mass is 391 g/mol. The highest BCUT2D eigenvalue weighted by atomic mass is 32.1. The van der Waals surface area contributed by atoms with Crippen molar-refractivity contribution >= 4 is 17.2 Å². The van der Waals surface area contributed by atoms with Crippen LogP contribution in [0.2, 0.25) is 0 Å². The molecule has 1 aromatic rings. The summed E-state index contributed by atoms with van der Waals surface area (Å²) in [6.45, 7) is 13.7. The summed E-state index contributed by atoms with van der Waals surface area (Å²) in [4.78, 5) is 19.0. The molecule has 27 heavy (non-hydrogen) atoms. The van der Waals surface area contributed by atoms with Crippen molar-refractivity contribution in [3.05, 3.63) is 23.1 Å². The Morgan fingerprint density at radius 2 is 2.22 bits per heavy atom. The highest BCUT2D eigenvalue weighted by Crippen LogP contribution is 2.35. The predicted molar refractivity (Wildman–Crippen MR) is 107 cm³/mol. The third-order valence-corrected chi connectivity index (χ3v) is 4.88. The van der Waals surface area contributed by atoms with Crippen molar-refractivity contribution < 1.29 is 14.3 Å². The van der Waals surface area contributed by atoms with E-state index in [0.29, 0.717) is 29.6 Å². The summed E-state index contributed by atoms with van der Waals surface area (Å²) < 4.78 is 11.6. The number of thiazole rings is 1. The van der Waals surface area contributed by atoms with Crippen LogP contribution in [0, 0.1) is 11.8 Å². The van der Waals surface area contributed by atoms with Crippen molar-refractivity contribution in [3.8, 4) is 17.0 Å². The SMILES string of the molecule is CCC#CCCNC(=O)c1cnc(OC=C2CN(C(C)(C)C)C(C)(C)O2)s1. The Balaban J connectivity index is 1.91. The molecule has 0 aromatic carbocycles. The number of ether oxygens (including phenoxy) is 2. The molecule has 0 unspecified atom stereocenters. The molecule has 0 aliphatic carbocycles. The van der Waals surface area contributed by atoms with Crippen LogP contribution in [0.4, 0.5) is 0 Å². The van der Waals surface area contributed by atoms with Gasteiger partial charge in [0.2, 0.25) is 0 Å². The van der Waals surface area contributed by atoms with E-state index < -0.39 is 5.72 Å². The van der Waals surface area contributed by atoms with Crippen LogP contribution in [0.25, 0.3) is 0 Å². The van der Waals surface area contributed by atoms with Crippen molar-refractivity contribution in [2.75, 3.05) is 13.1 Å². The zero-order chi connectivity index (χ0) is 20.1. The third-order valence-electron chi connectivity index (χ3n) is 3.99. The standard InChI is InChI=1S/C20H29N3O3S/c1-7-8-9-10-11-21-17(24)16-12-22-18(27-16)25-14-15-13-23(19(2,3)4)20(5,6)26-15/h12,14H,7,10-11,13H2,1-6H3,(H,21,24). The molecule has 1 amide bonds. The van der Waals surface area contributed by atoms with Crippen LogP contribution in [0.1, 0.15) is 64.1 Å². The normalized spacial score (nSPS) is 17.9. The van der Waals surface area contributed by atoms with Gasteiger partial charge in [-0.25, -0.2) is 4.98 Å². The van der Waals surface area contributed by atoms with Gasteiger partial charge in [-0.2, -0.15) is 0 Å². The molecule has 2 heterocycles. The predicted octanol–water partition coefficient (Wildman–Crippen LogP) is 3.76. The number of hydrogen-bond acceptors (Lipinski definition) is 6. The number of hydrogen-bond donors (Lipinski definition) is 1. The molecule has 1 saturated heterocycles. The van der Waals surface area contributed by atoms with Crippen LogP contribution in [0.5, 0.6) is 5.19 Å². The molecular formula is C20H29N3O3S. The van der Waals surface area contributed by atoms with E-state index in [1.54, 1.807) is 6.26 Å². The lowest BCUT2D eigenvalue weighted by Crippen LogP contribution is -2.50. The van der Waals surface area contributed by atoms with Crippen molar-refractivity contribution in [1.29, 1.82) is 0 Å². The van der Waals surface area contributed by atoms with Gasteiger partial charge in [0.1, 0.15) is 16.9 Å². The van der Waals surface area contributed by atoms with E-state index in [2.05, 4.69) is 47.8 Å². The minimum Gasteiger partial charge on any atom is -0.473 e. The molecule has 148 valence electrons. The second-order valence-electron chi connectivity index (χ2n) is 7.71. The molecule has 0 radical (unpaired) electrons. The van der Waals surface area contributed by atoms with Gasteiger partial charge in [-0.05, 0) is 34.6 Å². The molecule has 1 aromatic heterocycles. The molecule has 0 saturated carbocycles. The Hall–Kier alpha value is -2.04. The van der Waals surface area contributed by atoms with Crippen molar-refractivity contribution in [2.24, 2.45) is 0 Å². The molecule has 0 spiro atoms. The summed E-state index contributed by atoms with van der Waals surface area (Å²) in [6.07, 6.45) is 4.57. The van der Waals surface area contributed by atoms with E-state index in [4.69, 9.17) is 9.47 Å². The number of carbonyl (C=O) groups excluding carboxylic acids is 1. The zero-order valence-corrected chi connectivity index (χ0v) is 17.8. The van der Waals surface area contributed by atoms with Crippen LogP contribution in [-0.4, -0.2) is 40.1 Å². The Kier molecular flexibility index (Phi) is 6.90. The Morgan fingerprint density at radius 1 is 1.48 bits per heavy atom. The molecule has 1 aliphatic heterocycles. The van der Waals surface area contributed by atoms with Gasteiger partial charge in [-0.3, -0.25) is 9.69 Å². The largest absolute Gasteiger partial charge is 0.473 e. The maximum atomic E-state index is 12.1. The summed E-state index contributed by atoms with van der Waals surface area (Å²) in [7, 11) is 0. The Bertz CT molecular complexity index is 751. The molecule has 6 nitrogen and oxygen atoms in total. The van der Waals surface area contributed by atoms with E-state index in [0.717, 1.165) is 12.2 Å². The first kappa shape index (κ1) is 21.3. The van der Waals surface area contributed by atoms with Crippen LogP contribution in [0.15, 0.2) is 18.2 Å². The van der Waals surface area contributed by atoms with E-state index in [1.165, 1.54) is 17.5 Å². The van der Waals surface area contributed by atoms with Crippen LogP contribution >= 0.6 is 11.3 Å². The van der Waals surface area contributed by atoms with E-state index in [-0.39, 0.29) is 11.4 Å². The minimum absolute atomic E-state index is 0.0208. The van der Waals surface area contributed by atoms with E-state index in [1.807, 2.05) is 20.8 Å². The summed E-state index contributed by atoms with van der Waals surface area (Å²) >= 11 is 1.20. The quantitative estimate of drug-likeness (QED) is 0.470. The van der Waals surface area contributed by atoms with Crippen LogP contribution in [-0.2, 0) is 4.74 Å². The first-order chi connectivity index (χ1) is 12.6. The van der Waals surface area contributed by atoms with E-state index >= 15 is 0 Å². The lowest BCUT2D eigenvalue weighted by atomic mass is 10.0. The third kappa shape index (κ3) is 5.98. The number of amides is 1. The molecule has 0 atom stereocenters. The fourth-order valence-corrected chi connectivity index (χ4v) is 3.59. The van der Waals surface area contributed by atoms with Crippen molar-refractivity contribution in [1.82, 2.24) is 15.2 Å². The maximum absolute atomic E-state index is 12.1. The first-order valence-electron chi connectivity index (χ1n) is 9.15.